The van der Waals surface area contributed by atoms with Crippen molar-refractivity contribution in [3.8, 4) is 0 Å². The van der Waals surface area contributed by atoms with E-state index in [-0.39, 0.29) is 6.54 Å². The van der Waals surface area contributed by atoms with E-state index in [9.17, 15) is 4.39 Å². The lowest BCUT2D eigenvalue weighted by atomic mass is 9.94. The maximum atomic E-state index is 14.1. The first-order valence-electron chi connectivity index (χ1n) is 5.52. The van der Waals surface area contributed by atoms with Gasteiger partial charge in [0.1, 0.15) is 5.67 Å². The van der Waals surface area contributed by atoms with Crippen molar-refractivity contribution in [1.82, 2.24) is 0 Å². The molecule has 0 amide bonds. The Morgan fingerprint density at radius 3 is 2.69 bits per heavy atom. The molecule has 0 bridgehead atoms. The molecule has 1 aromatic rings. The Morgan fingerprint density at radius 1 is 1.38 bits per heavy atom. The highest BCUT2D eigenvalue weighted by molar-refractivity contribution is 9.10. The van der Waals surface area contributed by atoms with E-state index in [1.165, 1.54) is 0 Å². The SMILES string of the molecule is NCC1(F)CCCN(c2ccc(Br)cc2)C1. The number of nitrogens with two attached hydrogens (primary N) is 1. The summed E-state index contributed by atoms with van der Waals surface area (Å²) in [6.07, 6.45) is 1.44. The predicted molar refractivity (Wildman–Crippen MR) is 68.5 cm³/mol. The number of alkyl halides is 1. The molecule has 0 aliphatic carbocycles. The van der Waals surface area contributed by atoms with Crippen molar-refractivity contribution in [2.24, 2.45) is 5.73 Å². The molecule has 1 atom stereocenters. The molecule has 1 heterocycles. The minimum absolute atomic E-state index is 0.111. The summed E-state index contributed by atoms with van der Waals surface area (Å²) in [6, 6.07) is 7.97. The van der Waals surface area contributed by atoms with Gasteiger partial charge in [-0.25, -0.2) is 4.39 Å². The monoisotopic (exact) mass is 286 g/mol. The normalized spacial score (nSPS) is 25.8. The second kappa shape index (κ2) is 4.72. The van der Waals surface area contributed by atoms with Crippen LogP contribution in [0.5, 0.6) is 0 Å². The molecule has 2 N–H and O–H groups in total. The predicted octanol–water partition coefficient (Wildman–Crippen LogP) is 2.72. The van der Waals surface area contributed by atoms with Gasteiger partial charge in [0.05, 0.1) is 6.54 Å². The molecule has 1 fully saturated rings. The first-order valence-corrected chi connectivity index (χ1v) is 6.32. The highest BCUT2D eigenvalue weighted by Crippen LogP contribution is 2.28. The molecule has 2 rings (SSSR count). The van der Waals surface area contributed by atoms with E-state index >= 15 is 0 Å². The first kappa shape index (κ1) is 11.9. The highest BCUT2D eigenvalue weighted by atomic mass is 79.9. The Kier molecular flexibility index (Phi) is 3.50. The number of halogens is 2. The Hall–Kier alpha value is -0.610. The van der Waals surface area contributed by atoms with Gasteiger partial charge in [-0.1, -0.05) is 15.9 Å². The van der Waals surface area contributed by atoms with Gasteiger partial charge in [0, 0.05) is 23.2 Å². The second-order valence-electron chi connectivity index (χ2n) is 4.36. The van der Waals surface area contributed by atoms with Crippen LogP contribution in [0.1, 0.15) is 12.8 Å². The van der Waals surface area contributed by atoms with Crippen LogP contribution in [0.25, 0.3) is 0 Å². The molecule has 0 aromatic heterocycles. The fraction of sp³-hybridized carbons (Fsp3) is 0.500. The lowest BCUT2D eigenvalue weighted by molar-refractivity contribution is 0.146. The maximum Gasteiger partial charge on any atom is 0.140 e. The van der Waals surface area contributed by atoms with Gasteiger partial charge in [-0.2, -0.15) is 0 Å². The molecule has 2 nitrogen and oxygen atoms in total. The summed E-state index contributed by atoms with van der Waals surface area (Å²) < 4.78 is 15.2. The number of hydrogen-bond donors (Lipinski definition) is 1. The number of rotatable bonds is 2. The molecule has 1 aromatic carbocycles. The van der Waals surface area contributed by atoms with Gasteiger partial charge in [0.2, 0.25) is 0 Å². The Morgan fingerprint density at radius 2 is 2.06 bits per heavy atom. The molecule has 1 aliphatic rings. The van der Waals surface area contributed by atoms with E-state index in [1.807, 2.05) is 24.3 Å². The molecule has 4 heteroatoms. The van der Waals surface area contributed by atoms with Crippen molar-refractivity contribution in [3.05, 3.63) is 28.7 Å². The van der Waals surface area contributed by atoms with Crippen molar-refractivity contribution < 1.29 is 4.39 Å². The standard InChI is InChI=1S/C12H16BrFN2/c13-10-2-4-11(5-3-10)16-7-1-6-12(14,8-15)9-16/h2-5H,1,6-9,15H2. The largest absolute Gasteiger partial charge is 0.368 e. The summed E-state index contributed by atoms with van der Waals surface area (Å²) in [7, 11) is 0. The minimum atomic E-state index is -1.22. The van der Waals surface area contributed by atoms with Crippen LogP contribution in [0.2, 0.25) is 0 Å². The molecule has 16 heavy (non-hydrogen) atoms. The van der Waals surface area contributed by atoms with Crippen molar-refractivity contribution >= 4 is 21.6 Å². The third-order valence-electron chi connectivity index (χ3n) is 3.08. The Balaban J connectivity index is 2.12. The lowest BCUT2D eigenvalue weighted by Crippen LogP contribution is -2.49. The summed E-state index contributed by atoms with van der Waals surface area (Å²) in [5.41, 5.74) is 5.34. The van der Waals surface area contributed by atoms with Crippen molar-refractivity contribution in [1.29, 1.82) is 0 Å². The Bertz CT molecular complexity index is 355. The van der Waals surface area contributed by atoms with E-state index in [1.54, 1.807) is 0 Å². The van der Waals surface area contributed by atoms with Crippen LogP contribution in [0.15, 0.2) is 28.7 Å². The molecule has 0 saturated carbocycles. The third kappa shape index (κ3) is 2.55. The lowest BCUT2D eigenvalue weighted by Gasteiger charge is -2.38. The van der Waals surface area contributed by atoms with Gasteiger partial charge in [0.25, 0.3) is 0 Å². The summed E-state index contributed by atoms with van der Waals surface area (Å²) >= 11 is 3.39. The summed E-state index contributed by atoms with van der Waals surface area (Å²) in [6.45, 7) is 1.43. The zero-order chi connectivity index (χ0) is 11.6. The summed E-state index contributed by atoms with van der Waals surface area (Å²) in [4.78, 5) is 2.07. The number of nitrogens with zero attached hydrogens (tertiary/aromatic N) is 1. The van der Waals surface area contributed by atoms with Crippen LogP contribution >= 0.6 is 15.9 Å². The van der Waals surface area contributed by atoms with Crippen molar-refractivity contribution in [2.75, 3.05) is 24.5 Å². The molecule has 88 valence electrons. The van der Waals surface area contributed by atoms with Gasteiger partial charge in [-0.05, 0) is 37.1 Å². The van der Waals surface area contributed by atoms with Gasteiger partial charge < -0.3 is 10.6 Å². The van der Waals surface area contributed by atoms with Gasteiger partial charge in [-0.15, -0.1) is 0 Å². The zero-order valence-corrected chi connectivity index (χ0v) is 10.7. The molecular formula is C12H16BrFN2. The molecule has 1 aliphatic heterocycles. The van der Waals surface area contributed by atoms with E-state index < -0.39 is 5.67 Å². The van der Waals surface area contributed by atoms with Gasteiger partial charge in [-0.3, -0.25) is 0 Å². The number of anilines is 1. The van der Waals surface area contributed by atoms with E-state index in [2.05, 4.69) is 20.8 Å². The zero-order valence-electron chi connectivity index (χ0n) is 9.13. The topological polar surface area (TPSA) is 29.3 Å². The van der Waals surface area contributed by atoms with Gasteiger partial charge in [0.15, 0.2) is 0 Å². The third-order valence-corrected chi connectivity index (χ3v) is 3.61. The number of piperidine rings is 1. The van der Waals surface area contributed by atoms with E-state index in [0.29, 0.717) is 13.0 Å². The fourth-order valence-corrected chi connectivity index (χ4v) is 2.39. The molecule has 1 unspecified atom stereocenters. The van der Waals surface area contributed by atoms with Gasteiger partial charge >= 0.3 is 0 Å². The number of benzene rings is 1. The average molecular weight is 287 g/mol. The van der Waals surface area contributed by atoms with Crippen LogP contribution < -0.4 is 10.6 Å². The van der Waals surface area contributed by atoms with Crippen LogP contribution in [0, 0.1) is 0 Å². The van der Waals surface area contributed by atoms with Crippen LogP contribution in [0.4, 0.5) is 10.1 Å². The van der Waals surface area contributed by atoms with Crippen molar-refractivity contribution in [3.63, 3.8) is 0 Å². The molecular weight excluding hydrogens is 271 g/mol. The quantitative estimate of drug-likeness (QED) is 0.906. The van der Waals surface area contributed by atoms with Crippen molar-refractivity contribution in [2.45, 2.75) is 18.5 Å². The van der Waals surface area contributed by atoms with E-state index in [0.717, 1.165) is 23.1 Å². The summed E-state index contributed by atoms with van der Waals surface area (Å²) in [5.74, 6) is 0. The smallest absolute Gasteiger partial charge is 0.140 e. The molecule has 0 spiro atoms. The maximum absolute atomic E-state index is 14.1. The second-order valence-corrected chi connectivity index (χ2v) is 5.27. The van der Waals surface area contributed by atoms with Crippen LogP contribution in [-0.4, -0.2) is 25.3 Å². The molecule has 1 saturated heterocycles. The molecule has 0 radical (unpaired) electrons. The van der Waals surface area contributed by atoms with E-state index in [4.69, 9.17) is 5.73 Å². The first-order chi connectivity index (χ1) is 7.63. The van der Waals surface area contributed by atoms with Crippen LogP contribution in [-0.2, 0) is 0 Å². The Labute approximate surface area is 104 Å². The average Bonchev–Trinajstić information content (AvgIpc) is 2.30. The number of hydrogen-bond acceptors (Lipinski definition) is 2. The minimum Gasteiger partial charge on any atom is -0.368 e. The fourth-order valence-electron chi connectivity index (χ4n) is 2.13. The highest BCUT2D eigenvalue weighted by Gasteiger charge is 2.34. The summed E-state index contributed by atoms with van der Waals surface area (Å²) in [5, 5.41) is 0. The van der Waals surface area contributed by atoms with Crippen LogP contribution in [0.3, 0.4) is 0 Å².